The summed E-state index contributed by atoms with van der Waals surface area (Å²) in [6.07, 6.45) is 6.41. The lowest BCUT2D eigenvalue weighted by atomic mass is 9.98. The lowest BCUT2D eigenvalue weighted by Crippen LogP contribution is -2.44. The van der Waals surface area contributed by atoms with E-state index in [4.69, 9.17) is 0 Å². The average molecular weight is 510 g/mol. The van der Waals surface area contributed by atoms with Crippen molar-refractivity contribution in [1.29, 1.82) is 0 Å². The van der Waals surface area contributed by atoms with Gasteiger partial charge in [0.15, 0.2) is 0 Å². The fourth-order valence-corrected chi connectivity index (χ4v) is 6.29. The van der Waals surface area contributed by atoms with Crippen molar-refractivity contribution < 1.29 is 9.90 Å². The molecule has 4 atom stereocenters. The normalized spacial score (nSPS) is 21.7. The van der Waals surface area contributed by atoms with Crippen LogP contribution in [-0.4, -0.2) is 44.4 Å². The van der Waals surface area contributed by atoms with Gasteiger partial charge in [0.05, 0.1) is 29.1 Å². The Labute approximate surface area is 223 Å². The van der Waals surface area contributed by atoms with Crippen molar-refractivity contribution in [2.75, 3.05) is 4.90 Å². The molecule has 2 aliphatic rings. The van der Waals surface area contributed by atoms with Gasteiger partial charge in [-0.3, -0.25) is 14.9 Å². The first-order chi connectivity index (χ1) is 18.5. The molecule has 2 saturated heterocycles. The van der Waals surface area contributed by atoms with Gasteiger partial charge in [-0.05, 0) is 80.5 Å². The SMILES string of the molecule is CC(C)C[C@H](NC(=O)c1ccc2[nH]nc(-c3ccc(N4[C@@H]5CC[C@H]4C[C@@H](O)C5)cc3)c2c1)c1ccccn1. The van der Waals surface area contributed by atoms with Crippen molar-refractivity contribution >= 4 is 22.5 Å². The van der Waals surface area contributed by atoms with Gasteiger partial charge < -0.3 is 15.3 Å². The van der Waals surface area contributed by atoms with Gasteiger partial charge >= 0.3 is 0 Å². The van der Waals surface area contributed by atoms with Gasteiger partial charge in [0, 0.05) is 40.5 Å². The first-order valence-corrected chi connectivity index (χ1v) is 13.7. The number of carbonyl (C=O) groups is 1. The van der Waals surface area contributed by atoms with Gasteiger partial charge in [-0.25, -0.2) is 0 Å². The van der Waals surface area contributed by atoms with Crippen molar-refractivity contribution in [3.8, 4) is 11.3 Å². The molecule has 4 aromatic rings. The quantitative estimate of drug-likeness (QED) is 0.300. The summed E-state index contributed by atoms with van der Waals surface area (Å²) >= 11 is 0. The zero-order chi connectivity index (χ0) is 26.2. The maximum atomic E-state index is 13.3. The first kappa shape index (κ1) is 24.6. The number of benzene rings is 2. The Morgan fingerprint density at radius 2 is 1.84 bits per heavy atom. The van der Waals surface area contributed by atoms with Crippen LogP contribution in [0.25, 0.3) is 22.2 Å². The van der Waals surface area contributed by atoms with Crippen molar-refractivity contribution in [3.05, 3.63) is 78.1 Å². The summed E-state index contributed by atoms with van der Waals surface area (Å²) in [5, 5.41) is 22.0. The van der Waals surface area contributed by atoms with Crippen LogP contribution in [0.5, 0.6) is 0 Å². The number of aliphatic hydroxyl groups excluding tert-OH is 1. The van der Waals surface area contributed by atoms with Gasteiger partial charge in [0.25, 0.3) is 5.91 Å². The number of pyridine rings is 1. The molecule has 0 aliphatic carbocycles. The molecule has 2 aromatic heterocycles. The maximum Gasteiger partial charge on any atom is 0.251 e. The van der Waals surface area contributed by atoms with E-state index < -0.39 is 0 Å². The molecule has 4 heterocycles. The van der Waals surface area contributed by atoms with Gasteiger partial charge in [0.1, 0.15) is 0 Å². The number of aromatic amines is 1. The Balaban J connectivity index is 1.24. The molecule has 3 N–H and O–H groups in total. The van der Waals surface area contributed by atoms with Crippen LogP contribution in [0.15, 0.2) is 66.9 Å². The molecular formula is C31H35N5O2. The molecule has 7 heteroatoms. The molecule has 6 rings (SSSR count). The number of aromatic nitrogens is 3. The van der Waals surface area contributed by atoms with Crippen molar-refractivity contribution in [3.63, 3.8) is 0 Å². The fourth-order valence-electron chi connectivity index (χ4n) is 6.29. The van der Waals surface area contributed by atoms with E-state index in [0.717, 1.165) is 60.0 Å². The van der Waals surface area contributed by atoms with E-state index in [9.17, 15) is 9.90 Å². The van der Waals surface area contributed by atoms with Gasteiger partial charge in [-0.2, -0.15) is 5.10 Å². The predicted molar refractivity (Wildman–Crippen MR) is 150 cm³/mol. The first-order valence-electron chi connectivity index (χ1n) is 13.7. The van der Waals surface area contributed by atoms with E-state index >= 15 is 0 Å². The largest absolute Gasteiger partial charge is 0.393 e. The molecule has 0 radical (unpaired) electrons. The van der Waals surface area contributed by atoms with Crippen LogP contribution >= 0.6 is 0 Å². The summed E-state index contributed by atoms with van der Waals surface area (Å²) < 4.78 is 0. The Morgan fingerprint density at radius 3 is 2.53 bits per heavy atom. The number of piperidine rings is 1. The van der Waals surface area contributed by atoms with E-state index in [1.54, 1.807) is 6.20 Å². The number of amides is 1. The maximum absolute atomic E-state index is 13.3. The zero-order valence-electron chi connectivity index (χ0n) is 22.0. The molecule has 196 valence electrons. The topological polar surface area (TPSA) is 94.1 Å². The van der Waals surface area contributed by atoms with Crippen LogP contribution in [0, 0.1) is 5.92 Å². The van der Waals surface area contributed by atoms with E-state index in [-0.39, 0.29) is 18.1 Å². The van der Waals surface area contributed by atoms with Gasteiger partial charge in [0.2, 0.25) is 0 Å². The van der Waals surface area contributed by atoms with Crippen molar-refractivity contribution in [2.24, 2.45) is 5.92 Å². The highest BCUT2D eigenvalue weighted by Gasteiger charge is 2.40. The lowest BCUT2D eigenvalue weighted by Gasteiger charge is -2.39. The zero-order valence-corrected chi connectivity index (χ0v) is 22.0. The number of nitrogens with zero attached hydrogens (tertiary/aromatic N) is 3. The van der Waals surface area contributed by atoms with Crippen LogP contribution in [0.3, 0.4) is 0 Å². The summed E-state index contributed by atoms with van der Waals surface area (Å²) in [5.74, 6) is 0.298. The Bertz CT molecular complexity index is 1400. The van der Waals surface area contributed by atoms with Gasteiger partial charge in [-0.15, -0.1) is 0 Å². The second-order valence-corrected chi connectivity index (χ2v) is 11.2. The standard InChI is InChI=1S/C31H35N5O2/c1-19(2)15-29(28-5-3-4-14-32-28)33-31(38)21-8-13-27-26(16-21)30(35-34-27)20-6-9-22(10-7-20)36-23-11-12-24(36)18-25(37)17-23/h3-10,13-14,16,19,23-25,29,37H,11-12,15,17-18H2,1-2H3,(H,33,38)(H,34,35)/t23-,24+,25+,29-/m0/s1. The van der Waals surface area contributed by atoms with E-state index in [1.807, 2.05) is 36.4 Å². The molecule has 38 heavy (non-hydrogen) atoms. The molecule has 2 bridgehead atoms. The van der Waals surface area contributed by atoms with Crippen LogP contribution in [0.2, 0.25) is 0 Å². The molecule has 7 nitrogen and oxygen atoms in total. The molecule has 0 saturated carbocycles. The number of carbonyl (C=O) groups excluding carboxylic acids is 1. The van der Waals surface area contributed by atoms with E-state index in [1.165, 1.54) is 5.69 Å². The highest BCUT2D eigenvalue weighted by molar-refractivity contribution is 6.01. The van der Waals surface area contributed by atoms with Crippen LogP contribution in [0.1, 0.15) is 68.0 Å². The number of aliphatic hydroxyl groups is 1. The minimum atomic E-state index is -0.172. The van der Waals surface area contributed by atoms with Crippen LogP contribution < -0.4 is 10.2 Å². The minimum Gasteiger partial charge on any atom is -0.393 e. The number of H-pyrrole nitrogens is 1. The summed E-state index contributed by atoms with van der Waals surface area (Å²) in [6, 6.07) is 20.7. The third-order valence-corrected chi connectivity index (χ3v) is 8.03. The Morgan fingerprint density at radius 1 is 1.08 bits per heavy atom. The second kappa shape index (κ2) is 10.2. The number of anilines is 1. The molecule has 0 unspecified atom stereocenters. The number of rotatable bonds is 7. The molecule has 2 aliphatic heterocycles. The summed E-state index contributed by atoms with van der Waals surface area (Å²) in [4.78, 5) is 20.3. The number of nitrogens with one attached hydrogen (secondary N) is 2. The average Bonchev–Trinajstić information content (AvgIpc) is 3.46. The predicted octanol–water partition coefficient (Wildman–Crippen LogP) is 5.63. The summed E-state index contributed by atoms with van der Waals surface area (Å²) in [5.41, 5.74) is 5.42. The fraction of sp³-hybridized carbons (Fsp3) is 0.387. The molecule has 2 aromatic carbocycles. The molecule has 1 amide bonds. The summed E-state index contributed by atoms with van der Waals surface area (Å²) in [6.45, 7) is 4.30. The highest BCUT2D eigenvalue weighted by Crippen LogP contribution is 2.40. The van der Waals surface area contributed by atoms with Crippen molar-refractivity contribution in [1.82, 2.24) is 20.5 Å². The van der Waals surface area contributed by atoms with Gasteiger partial charge in [-0.1, -0.05) is 32.0 Å². The molecule has 2 fully saturated rings. The Hall–Kier alpha value is -3.71. The second-order valence-electron chi connectivity index (χ2n) is 11.2. The monoisotopic (exact) mass is 509 g/mol. The number of hydrogen-bond donors (Lipinski definition) is 3. The lowest BCUT2D eigenvalue weighted by molar-refractivity contribution is 0.0931. The minimum absolute atomic E-state index is 0.117. The summed E-state index contributed by atoms with van der Waals surface area (Å²) in [7, 11) is 0. The van der Waals surface area contributed by atoms with E-state index in [0.29, 0.717) is 23.6 Å². The van der Waals surface area contributed by atoms with E-state index in [2.05, 4.69) is 63.5 Å². The van der Waals surface area contributed by atoms with Crippen molar-refractivity contribution in [2.45, 2.75) is 70.2 Å². The number of fused-ring (bicyclic) bond motifs is 3. The molecule has 0 spiro atoms. The smallest absolute Gasteiger partial charge is 0.251 e. The number of hydrogen-bond acceptors (Lipinski definition) is 5. The van der Waals surface area contributed by atoms with Crippen LogP contribution in [-0.2, 0) is 0 Å². The van der Waals surface area contributed by atoms with Crippen LogP contribution in [0.4, 0.5) is 5.69 Å². The third-order valence-electron chi connectivity index (χ3n) is 8.03. The molecular weight excluding hydrogens is 474 g/mol. The highest BCUT2D eigenvalue weighted by atomic mass is 16.3. The Kier molecular flexibility index (Phi) is 6.62. The third kappa shape index (κ3) is 4.78.